The summed E-state index contributed by atoms with van der Waals surface area (Å²) in [5.41, 5.74) is 1.07. The van der Waals surface area contributed by atoms with Crippen LogP contribution in [-0.2, 0) is 11.3 Å². The molecule has 0 aliphatic heterocycles. The van der Waals surface area contributed by atoms with E-state index in [1.54, 1.807) is 42.5 Å². The van der Waals surface area contributed by atoms with Crippen LogP contribution in [0.5, 0.6) is 11.5 Å². The highest BCUT2D eigenvalue weighted by atomic mass is 35.5. The van der Waals surface area contributed by atoms with E-state index in [0.29, 0.717) is 33.5 Å². The smallest absolute Gasteiger partial charge is 0.266 e. The van der Waals surface area contributed by atoms with E-state index < -0.39 is 0 Å². The summed E-state index contributed by atoms with van der Waals surface area (Å²) in [5, 5.41) is 7.39. The molecule has 0 unspecified atom stereocenters. The molecule has 0 atom stereocenters. The summed E-state index contributed by atoms with van der Waals surface area (Å²) in [4.78, 5) is 29.7. The van der Waals surface area contributed by atoms with Crippen LogP contribution in [0.2, 0.25) is 5.02 Å². The number of anilines is 1. The number of carbonyl (C=O) groups is 1. The van der Waals surface area contributed by atoms with Gasteiger partial charge < -0.3 is 19.3 Å². The molecule has 1 amide bonds. The van der Waals surface area contributed by atoms with Gasteiger partial charge in [0.25, 0.3) is 11.3 Å². The van der Waals surface area contributed by atoms with Crippen molar-refractivity contribution in [2.75, 3.05) is 19.5 Å². The normalized spacial score (nSPS) is 10.8. The number of carbonyl (C=O) groups excluding carboxylic acids is 1. The van der Waals surface area contributed by atoms with Gasteiger partial charge in [-0.3, -0.25) is 14.2 Å². The first-order valence-electron chi connectivity index (χ1n) is 9.63. The van der Waals surface area contributed by atoms with Crippen LogP contribution in [0.3, 0.4) is 0 Å². The van der Waals surface area contributed by atoms with Crippen LogP contribution in [0.15, 0.2) is 58.1 Å². The topological polar surface area (TPSA) is 108 Å². The number of amides is 1. The van der Waals surface area contributed by atoms with Crippen LogP contribution in [0.25, 0.3) is 22.4 Å². The Bertz CT molecular complexity index is 1350. The summed E-state index contributed by atoms with van der Waals surface area (Å²) in [7, 11) is 3.04. The summed E-state index contributed by atoms with van der Waals surface area (Å²) < 4.78 is 17.0. The fraction of sp³-hybridized carbons (Fsp3) is 0.182. The van der Waals surface area contributed by atoms with Crippen molar-refractivity contribution in [3.05, 3.63) is 64.2 Å². The van der Waals surface area contributed by atoms with Gasteiger partial charge in [-0.15, -0.1) is 0 Å². The third-order valence-corrected chi connectivity index (χ3v) is 5.18. The summed E-state index contributed by atoms with van der Waals surface area (Å²) in [6, 6.07) is 12.1. The van der Waals surface area contributed by atoms with E-state index in [2.05, 4.69) is 15.5 Å². The lowest BCUT2D eigenvalue weighted by molar-refractivity contribution is -0.116. The molecule has 2 heterocycles. The van der Waals surface area contributed by atoms with Crippen molar-refractivity contribution in [3.63, 3.8) is 0 Å². The van der Waals surface area contributed by atoms with Crippen LogP contribution >= 0.6 is 11.6 Å². The number of ether oxygens (including phenoxy) is 2. The molecule has 164 valence electrons. The molecular formula is C22H19ClN4O5. The number of fused-ring (bicyclic) bond motifs is 1. The summed E-state index contributed by atoms with van der Waals surface area (Å²) in [5.74, 6) is 0.764. The molecule has 32 heavy (non-hydrogen) atoms. The van der Waals surface area contributed by atoms with Gasteiger partial charge in [-0.05, 0) is 18.2 Å². The maximum absolute atomic E-state index is 13.1. The van der Waals surface area contributed by atoms with E-state index >= 15 is 0 Å². The molecule has 4 rings (SSSR count). The molecular weight excluding hydrogens is 436 g/mol. The molecule has 0 aliphatic rings. The van der Waals surface area contributed by atoms with Gasteiger partial charge in [0.15, 0.2) is 0 Å². The Balaban J connectivity index is 1.56. The molecule has 0 fully saturated rings. The second-order valence-corrected chi connectivity index (χ2v) is 7.21. The number of nitrogens with one attached hydrogen (secondary N) is 1. The quantitative estimate of drug-likeness (QED) is 0.453. The zero-order chi connectivity index (χ0) is 22.7. The predicted molar refractivity (Wildman–Crippen MR) is 119 cm³/mol. The molecule has 0 spiro atoms. The number of aromatic nitrogens is 3. The highest BCUT2D eigenvalue weighted by Gasteiger charge is 2.19. The largest absolute Gasteiger partial charge is 0.497 e. The van der Waals surface area contributed by atoms with E-state index in [0.717, 1.165) is 0 Å². The highest BCUT2D eigenvalue weighted by molar-refractivity contribution is 6.33. The van der Waals surface area contributed by atoms with E-state index in [-0.39, 0.29) is 35.5 Å². The summed E-state index contributed by atoms with van der Waals surface area (Å²) in [6.45, 7) is 0.104. The van der Waals surface area contributed by atoms with Gasteiger partial charge in [-0.2, -0.15) is 0 Å². The molecule has 10 heteroatoms. The van der Waals surface area contributed by atoms with E-state index in [4.69, 9.17) is 25.6 Å². The van der Waals surface area contributed by atoms with Crippen LogP contribution in [-0.4, -0.2) is 34.8 Å². The molecule has 0 saturated heterocycles. The minimum absolute atomic E-state index is 0.0279. The SMILES string of the molecule is COc1ccc(OC)c(NC(=O)CCn2cnc3onc(-c4ccccc4Cl)c3c2=O)c1. The van der Waals surface area contributed by atoms with Gasteiger partial charge in [0.2, 0.25) is 5.91 Å². The standard InChI is InChI=1S/C22H19ClN4O5/c1-30-13-7-8-17(31-2)16(11-13)25-18(28)9-10-27-12-24-21-19(22(27)29)20(26-32-21)14-5-3-4-6-15(14)23/h3-8,11-12H,9-10H2,1-2H3,(H,25,28). The second-order valence-electron chi connectivity index (χ2n) is 6.80. The van der Waals surface area contributed by atoms with Crippen molar-refractivity contribution >= 4 is 34.3 Å². The average molecular weight is 455 g/mol. The van der Waals surface area contributed by atoms with Crippen molar-refractivity contribution in [2.24, 2.45) is 0 Å². The molecule has 9 nitrogen and oxygen atoms in total. The number of rotatable bonds is 7. The van der Waals surface area contributed by atoms with E-state index in [9.17, 15) is 9.59 Å². The summed E-state index contributed by atoms with van der Waals surface area (Å²) in [6.07, 6.45) is 1.35. The zero-order valence-corrected chi connectivity index (χ0v) is 18.0. The van der Waals surface area contributed by atoms with Crippen LogP contribution in [0.4, 0.5) is 5.69 Å². The van der Waals surface area contributed by atoms with Crippen molar-refractivity contribution in [3.8, 4) is 22.8 Å². The van der Waals surface area contributed by atoms with Crippen LogP contribution < -0.4 is 20.3 Å². The Labute approximate surface area is 187 Å². The lowest BCUT2D eigenvalue weighted by Gasteiger charge is -2.12. The molecule has 0 bridgehead atoms. The molecule has 2 aromatic heterocycles. The zero-order valence-electron chi connectivity index (χ0n) is 17.3. The lowest BCUT2D eigenvalue weighted by Crippen LogP contribution is -2.23. The maximum atomic E-state index is 13.1. The third-order valence-electron chi connectivity index (χ3n) is 4.85. The number of methoxy groups -OCH3 is 2. The summed E-state index contributed by atoms with van der Waals surface area (Å²) >= 11 is 6.25. The van der Waals surface area contributed by atoms with Gasteiger partial charge in [0, 0.05) is 24.6 Å². The minimum atomic E-state index is -0.377. The van der Waals surface area contributed by atoms with Crippen molar-refractivity contribution in [2.45, 2.75) is 13.0 Å². The van der Waals surface area contributed by atoms with Crippen LogP contribution in [0.1, 0.15) is 6.42 Å². The number of nitrogens with zero attached hydrogens (tertiary/aromatic N) is 3. The minimum Gasteiger partial charge on any atom is -0.497 e. The van der Waals surface area contributed by atoms with Crippen molar-refractivity contribution in [1.29, 1.82) is 0 Å². The average Bonchev–Trinajstić information content (AvgIpc) is 3.23. The molecule has 2 aromatic carbocycles. The second kappa shape index (κ2) is 9.11. The van der Waals surface area contributed by atoms with Crippen LogP contribution in [0, 0.1) is 0 Å². The lowest BCUT2D eigenvalue weighted by atomic mass is 10.1. The number of benzene rings is 2. The van der Waals surface area contributed by atoms with E-state index in [1.165, 1.54) is 25.1 Å². The van der Waals surface area contributed by atoms with Gasteiger partial charge >= 0.3 is 0 Å². The Hall–Kier alpha value is -3.85. The molecule has 0 radical (unpaired) electrons. The number of hydrogen-bond donors (Lipinski definition) is 1. The number of aryl methyl sites for hydroxylation is 1. The molecule has 0 aliphatic carbocycles. The molecule has 0 saturated carbocycles. The fourth-order valence-electron chi connectivity index (χ4n) is 3.22. The first-order chi connectivity index (χ1) is 15.5. The Morgan fingerprint density at radius 3 is 2.75 bits per heavy atom. The first-order valence-corrected chi connectivity index (χ1v) is 10.0. The molecule has 4 aromatic rings. The molecule has 1 N–H and O–H groups in total. The number of hydrogen-bond acceptors (Lipinski definition) is 7. The van der Waals surface area contributed by atoms with E-state index in [1.807, 2.05) is 0 Å². The van der Waals surface area contributed by atoms with Crippen molar-refractivity contribution < 1.29 is 18.8 Å². The maximum Gasteiger partial charge on any atom is 0.266 e. The Morgan fingerprint density at radius 2 is 2.00 bits per heavy atom. The number of halogens is 1. The predicted octanol–water partition coefficient (Wildman–Crippen LogP) is 3.75. The van der Waals surface area contributed by atoms with Gasteiger partial charge in [0.05, 0.1) is 24.9 Å². The first kappa shape index (κ1) is 21.4. The van der Waals surface area contributed by atoms with Gasteiger partial charge in [0.1, 0.15) is 28.9 Å². The Kier molecular flexibility index (Phi) is 6.09. The fourth-order valence-corrected chi connectivity index (χ4v) is 3.45. The van der Waals surface area contributed by atoms with Gasteiger partial charge in [-0.25, -0.2) is 4.98 Å². The monoisotopic (exact) mass is 454 g/mol. The van der Waals surface area contributed by atoms with Crippen molar-refractivity contribution in [1.82, 2.24) is 14.7 Å². The highest BCUT2D eigenvalue weighted by Crippen LogP contribution is 2.31. The Morgan fingerprint density at radius 1 is 1.19 bits per heavy atom. The third kappa shape index (κ3) is 4.15. The van der Waals surface area contributed by atoms with Gasteiger partial charge in [-0.1, -0.05) is 35.0 Å².